The van der Waals surface area contributed by atoms with Gasteiger partial charge < -0.3 is 19.0 Å². The number of nitrogens with zero attached hydrogens (tertiary/aromatic N) is 2. The van der Waals surface area contributed by atoms with E-state index in [4.69, 9.17) is 9.15 Å². The Labute approximate surface area is 185 Å². The van der Waals surface area contributed by atoms with Crippen LogP contribution in [0.3, 0.4) is 0 Å². The first-order chi connectivity index (χ1) is 15.6. The summed E-state index contributed by atoms with van der Waals surface area (Å²) in [6, 6.07) is 15.1. The average molecular weight is 431 g/mol. The molecule has 164 valence electrons. The fraction of sp³-hybridized carbons (Fsp3) is 0.240. The molecule has 0 saturated carbocycles. The highest BCUT2D eigenvalue weighted by Crippen LogP contribution is 2.25. The van der Waals surface area contributed by atoms with Crippen LogP contribution in [0.1, 0.15) is 23.1 Å². The van der Waals surface area contributed by atoms with Gasteiger partial charge in [-0.2, -0.15) is 0 Å². The Bertz CT molecular complexity index is 1250. The summed E-state index contributed by atoms with van der Waals surface area (Å²) in [4.78, 5) is 28.6. The van der Waals surface area contributed by atoms with E-state index in [2.05, 4.69) is 10.3 Å². The fourth-order valence-corrected chi connectivity index (χ4v) is 3.58. The Kier molecular flexibility index (Phi) is 6.65. The Hall–Kier alpha value is -3.87. The van der Waals surface area contributed by atoms with Crippen LogP contribution >= 0.6 is 0 Å². The van der Waals surface area contributed by atoms with E-state index in [1.165, 1.54) is 0 Å². The van der Waals surface area contributed by atoms with Crippen molar-refractivity contribution in [1.29, 1.82) is 0 Å². The zero-order chi connectivity index (χ0) is 22.3. The first kappa shape index (κ1) is 21.4. The molecule has 0 aliphatic carbocycles. The van der Waals surface area contributed by atoms with E-state index in [0.29, 0.717) is 29.9 Å². The van der Waals surface area contributed by atoms with Crippen LogP contribution in [0.15, 0.2) is 76.5 Å². The molecule has 2 aromatic heterocycles. The molecule has 0 spiro atoms. The van der Waals surface area contributed by atoms with Crippen molar-refractivity contribution in [3.8, 4) is 5.75 Å². The lowest BCUT2D eigenvalue weighted by Gasteiger charge is -2.11. The molecule has 0 atom stereocenters. The number of ether oxygens (including phenoxy) is 1. The van der Waals surface area contributed by atoms with Crippen LogP contribution < -0.4 is 15.7 Å². The number of rotatable bonds is 9. The molecule has 0 radical (unpaired) electrons. The van der Waals surface area contributed by atoms with Gasteiger partial charge in [0.25, 0.3) is 5.91 Å². The van der Waals surface area contributed by atoms with Gasteiger partial charge >= 0.3 is 5.63 Å². The van der Waals surface area contributed by atoms with Gasteiger partial charge in [0.15, 0.2) is 6.61 Å². The van der Waals surface area contributed by atoms with E-state index < -0.39 is 0 Å². The molecule has 4 aromatic rings. The van der Waals surface area contributed by atoms with Crippen LogP contribution in [-0.2, 0) is 17.8 Å². The molecule has 1 amide bonds. The largest absolute Gasteiger partial charge is 0.484 e. The topological polar surface area (TPSA) is 86.4 Å². The SMILES string of the molecule is Cc1c(Cc2ccccc2)c(=O)oc2cc(OCC(=O)NCCCn3ccnc3)ccc12. The third kappa shape index (κ3) is 5.24. The number of imidazole rings is 1. The fourth-order valence-electron chi connectivity index (χ4n) is 3.58. The quantitative estimate of drug-likeness (QED) is 0.324. The van der Waals surface area contributed by atoms with E-state index in [1.807, 2.05) is 54.1 Å². The molecule has 0 aliphatic rings. The van der Waals surface area contributed by atoms with E-state index in [1.54, 1.807) is 24.7 Å². The van der Waals surface area contributed by atoms with Gasteiger partial charge in [-0.25, -0.2) is 9.78 Å². The standard InChI is InChI=1S/C25H25N3O4/c1-18-21-9-8-20(31-16-24(29)27-10-5-12-28-13-11-26-17-28)15-23(21)32-25(30)22(18)14-19-6-3-2-4-7-19/h2-4,6-9,11,13,15,17H,5,10,12,14,16H2,1H3,(H,27,29). The predicted molar refractivity (Wildman–Crippen MR) is 122 cm³/mol. The summed E-state index contributed by atoms with van der Waals surface area (Å²) in [5.74, 6) is 0.274. The van der Waals surface area contributed by atoms with Crippen molar-refractivity contribution >= 4 is 16.9 Å². The lowest BCUT2D eigenvalue weighted by molar-refractivity contribution is -0.123. The highest BCUT2D eigenvalue weighted by Gasteiger charge is 2.13. The third-order valence-corrected chi connectivity index (χ3v) is 5.33. The van der Waals surface area contributed by atoms with Gasteiger partial charge in [-0.3, -0.25) is 4.79 Å². The van der Waals surface area contributed by atoms with E-state index in [9.17, 15) is 9.59 Å². The van der Waals surface area contributed by atoms with Gasteiger partial charge in [-0.15, -0.1) is 0 Å². The average Bonchev–Trinajstić information content (AvgIpc) is 3.32. The Balaban J connectivity index is 1.36. The molecule has 7 nitrogen and oxygen atoms in total. The molecule has 0 aliphatic heterocycles. The minimum Gasteiger partial charge on any atom is -0.484 e. The van der Waals surface area contributed by atoms with Crippen molar-refractivity contribution in [1.82, 2.24) is 14.9 Å². The maximum Gasteiger partial charge on any atom is 0.340 e. The van der Waals surface area contributed by atoms with Crippen molar-refractivity contribution in [2.75, 3.05) is 13.2 Å². The normalized spacial score (nSPS) is 10.9. The highest BCUT2D eigenvalue weighted by atomic mass is 16.5. The summed E-state index contributed by atoms with van der Waals surface area (Å²) >= 11 is 0. The monoisotopic (exact) mass is 431 g/mol. The van der Waals surface area contributed by atoms with Gasteiger partial charge in [0.05, 0.1) is 6.33 Å². The number of hydrogen-bond donors (Lipinski definition) is 1. The van der Waals surface area contributed by atoms with Gasteiger partial charge in [0, 0.05) is 48.9 Å². The van der Waals surface area contributed by atoms with E-state index in [-0.39, 0.29) is 18.1 Å². The number of aromatic nitrogens is 2. The number of fused-ring (bicyclic) bond motifs is 1. The van der Waals surface area contributed by atoms with Gasteiger partial charge in [0.2, 0.25) is 0 Å². The molecule has 32 heavy (non-hydrogen) atoms. The van der Waals surface area contributed by atoms with Crippen molar-refractivity contribution in [3.05, 3.63) is 94.4 Å². The molecule has 2 heterocycles. The van der Waals surface area contributed by atoms with Crippen LogP contribution in [0, 0.1) is 6.92 Å². The summed E-state index contributed by atoms with van der Waals surface area (Å²) in [7, 11) is 0. The smallest absolute Gasteiger partial charge is 0.340 e. The summed E-state index contributed by atoms with van der Waals surface area (Å²) < 4.78 is 13.1. The van der Waals surface area contributed by atoms with Gasteiger partial charge in [-0.1, -0.05) is 30.3 Å². The zero-order valence-electron chi connectivity index (χ0n) is 17.9. The van der Waals surface area contributed by atoms with E-state index in [0.717, 1.165) is 29.5 Å². The maximum atomic E-state index is 12.6. The first-order valence-electron chi connectivity index (χ1n) is 10.6. The molecule has 0 bridgehead atoms. The molecule has 0 unspecified atom stereocenters. The molecular formula is C25H25N3O4. The molecule has 0 saturated heterocycles. The number of nitrogens with one attached hydrogen (secondary N) is 1. The highest BCUT2D eigenvalue weighted by molar-refractivity contribution is 5.83. The Morgan fingerprint density at radius 2 is 2.03 bits per heavy atom. The Morgan fingerprint density at radius 1 is 1.19 bits per heavy atom. The summed E-state index contributed by atoms with van der Waals surface area (Å²) in [6.45, 7) is 3.16. The van der Waals surface area contributed by atoms with E-state index >= 15 is 0 Å². The second-order valence-corrected chi connectivity index (χ2v) is 7.61. The summed E-state index contributed by atoms with van der Waals surface area (Å²) in [5, 5.41) is 3.68. The first-order valence-corrected chi connectivity index (χ1v) is 10.6. The molecule has 2 aromatic carbocycles. The number of carbonyl (C=O) groups is 1. The number of hydrogen-bond acceptors (Lipinski definition) is 5. The third-order valence-electron chi connectivity index (χ3n) is 5.33. The second-order valence-electron chi connectivity index (χ2n) is 7.61. The van der Waals surface area contributed by atoms with Crippen molar-refractivity contribution in [3.63, 3.8) is 0 Å². The second kappa shape index (κ2) is 9.96. The number of aryl methyl sites for hydroxylation is 2. The predicted octanol–water partition coefficient (Wildman–Crippen LogP) is 3.47. The van der Waals surface area contributed by atoms with Gasteiger partial charge in [0.1, 0.15) is 11.3 Å². The van der Waals surface area contributed by atoms with Crippen molar-refractivity contribution < 1.29 is 13.9 Å². The van der Waals surface area contributed by atoms with Crippen LogP contribution in [-0.4, -0.2) is 28.6 Å². The van der Waals surface area contributed by atoms with Crippen LogP contribution in [0.5, 0.6) is 5.75 Å². The Morgan fingerprint density at radius 3 is 2.81 bits per heavy atom. The lowest BCUT2D eigenvalue weighted by atomic mass is 10.00. The summed E-state index contributed by atoms with van der Waals surface area (Å²) in [5.41, 5.74) is 2.68. The molecule has 4 rings (SSSR count). The molecule has 1 N–H and O–H groups in total. The minimum absolute atomic E-state index is 0.105. The van der Waals surface area contributed by atoms with Gasteiger partial charge in [-0.05, 0) is 36.6 Å². The van der Waals surface area contributed by atoms with Crippen LogP contribution in [0.2, 0.25) is 0 Å². The number of amides is 1. The zero-order valence-corrected chi connectivity index (χ0v) is 17.9. The number of benzene rings is 2. The van der Waals surface area contributed by atoms with Crippen LogP contribution in [0.4, 0.5) is 0 Å². The lowest BCUT2D eigenvalue weighted by Crippen LogP contribution is -2.30. The molecule has 0 fully saturated rings. The number of carbonyl (C=O) groups excluding carboxylic acids is 1. The minimum atomic E-state index is -0.355. The van der Waals surface area contributed by atoms with Crippen molar-refractivity contribution in [2.45, 2.75) is 26.3 Å². The molecule has 7 heteroatoms. The molecular weight excluding hydrogens is 406 g/mol. The maximum absolute atomic E-state index is 12.6. The summed E-state index contributed by atoms with van der Waals surface area (Å²) in [6.07, 6.45) is 6.67. The van der Waals surface area contributed by atoms with Crippen molar-refractivity contribution in [2.24, 2.45) is 0 Å². The van der Waals surface area contributed by atoms with Crippen LogP contribution in [0.25, 0.3) is 11.0 Å².